The molecule has 1 saturated heterocycles. The first kappa shape index (κ1) is 11.0. The van der Waals surface area contributed by atoms with E-state index < -0.39 is 24.6 Å². The molecule has 1 aliphatic rings. The van der Waals surface area contributed by atoms with E-state index in [4.69, 9.17) is 2.74 Å². The van der Waals surface area contributed by atoms with Gasteiger partial charge in [0, 0.05) is 14.6 Å². The number of hydrogen-bond acceptors (Lipinski definition) is 2. The first-order chi connectivity index (χ1) is 9.02. The van der Waals surface area contributed by atoms with Crippen molar-refractivity contribution in [1.29, 1.82) is 0 Å². The van der Waals surface area contributed by atoms with E-state index in [9.17, 15) is 9.59 Å². The van der Waals surface area contributed by atoms with Gasteiger partial charge in [0.15, 0.2) is 0 Å². The number of amides is 2. The van der Waals surface area contributed by atoms with Gasteiger partial charge in [-0.3, -0.25) is 14.9 Å². The summed E-state index contributed by atoms with van der Waals surface area (Å²) in [6.07, 6.45) is 5.58. The molecule has 3 nitrogen and oxygen atoms in total. The maximum atomic E-state index is 11.8. The van der Waals surface area contributed by atoms with Crippen LogP contribution in [0.2, 0.25) is 0 Å². The van der Waals surface area contributed by atoms with Crippen molar-refractivity contribution in [2.24, 2.45) is 11.8 Å². The van der Waals surface area contributed by atoms with Crippen molar-refractivity contribution < 1.29 is 12.3 Å². The van der Waals surface area contributed by atoms with Gasteiger partial charge in [0.05, 0.1) is 0 Å². The second kappa shape index (κ2) is 7.25. The van der Waals surface area contributed by atoms with E-state index in [1.807, 2.05) is 26.0 Å². The molecule has 0 spiro atoms. The van der Waals surface area contributed by atoms with Crippen molar-refractivity contribution >= 4 is 11.8 Å². The minimum atomic E-state index is -0.662. The summed E-state index contributed by atoms with van der Waals surface area (Å²) in [5.74, 6) is -2.07. The number of nitrogens with one attached hydrogen (secondary N) is 1. The van der Waals surface area contributed by atoms with Crippen LogP contribution in [-0.2, 0) is 9.59 Å². The van der Waals surface area contributed by atoms with Crippen LogP contribution in [0.3, 0.4) is 0 Å². The van der Waals surface area contributed by atoms with Crippen LogP contribution in [-0.4, -0.2) is 11.8 Å². The average Bonchev–Trinajstić information content (AvgIpc) is 2.68. The van der Waals surface area contributed by atoms with E-state index in [0.717, 1.165) is 12.8 Å². The molecule has 1 aliphatic heterocycles. The molecular formula is C14H23NO2. The lowest BCUT2D eigenvalue weighted by atomic mass is 9.87. The number of imide groups is 1. The summed E-state index contributed by atoms with van der Waals surface area (Å²) in [5.41, 5.74) is 0. The van der Waals surface area contributed by atoms with Crippen LogP contribution in [0, 0.1) is 11.8 Å². The molecule has 0 aromatic rings. The Balaban J connectivity index is 2.68. The highest BCUT2D eigenvalue weighted by atomic mass is 16.2. The highest BCUT2D eigenvalue weighted by Gasteiger charge is 2.39. The first-order valence-corrected chi connectivity index (χ1v) is 6.37. The van der Waals surface area contributed by atoms with Crippen LogP contribution in [0.4, 0.5) is 0 Å². The van der Waals surface area contributed by atoms with Gasteiger partial charge in [-0.05, 0) is 32.1 Å². The predicted octanol–water partition coefficient (Wildman–Crippen LogP) is 2.81. The number of allylic oxidation sites excluding steroid dienone is 2. The summed E-state index contributed by atoms with van der Waals surface area (Å²) in [5, 5.41) is 2.28. The van der Waals surface area contributed by atoms with Crippen molar-refractivity contribution in [3.63, 3.8) is 0 Å². The molecular weight excluding hydrogens is 214 g/mol. The van der Waals surface area contributed by atoms with E-state index in [-0.39, 0.29) is 11.8 Å². The van der Waals surface area contributed by atoms with Gasteiger partial charge < -0.3 is 0 Å². The minimum Gasteiger partial charge on any atom is -0.296 e. The molecule has 3 heteroatoms. The highest BCUT2D eigenvalue weighted by molar-refractivity contribution is 6.04. The van der Waals surface area contributed by atoms with Crippen LogP contribution in [0.1, 0.15) is 55.1 Å². The van der Waals surface area contributed by atoms with Gasteiger partial charge in [-0.25, -0.2) is 0 Å². The summed E-state index contributed by atoms with van der Waals surface area (Å²) in [4.78, 5) is 23.5. The SMILES string of the molecule is [2H]C(CC)C1C(=O)NC(=O)C1C([2H])CCC=CCC. The fourth-order valence-corrected chi connectivity index (χ4v) is 2.03. The van der Waals surface area contributed by atoms with Crippen molar-refractivity contribution in [3.05, 3.63) is 12.2 Å². The van der Waals surface area contributed by atoms with Crippen LogP contribution in [0.5, 0.6) is 0 Å². The molecule has 0 aliphatic carbocycles. The van der Waals surface area contributed by atoms with E-state index in [0.29, 0.717) is 12.8 Å². The smallest absolute Gasteiger partial charge is 0.230 e. The Morgan fingerprint density at radius 3 is 2.41 bits per heavy atom. The standard InChI is InChI=1S/C14H23NO2/c1-3-5-6-7-8-10-12-11(9-4-2)13(16)15-14(12)17/h5-6,11-12H,3-4,7-10H2,1-2H3,(H,15,16,17)/i9D,10D. The van der Waals surface area contributed by atoms with Gasteiger partial charge in [0.25, 0.3) is 0 Å². The van der Waals surface area contributed by atoms with Gasteiger partial charge >= 0.3 is 0 Å². The largest absolute Gasteiger partial charge is 0.296 e. The van der Waals surface area contributed by atoms with Crippen molar-refractivity contribution in [3.8, 4) is 0 Å². The molecule has 1 N–H and O–H groups in total. The Bertz CT molecular complexity index is 357. The topological polar surface area (TPSA) is 46.2 Å². The maximum Gasteiger partial charge on any atom is 0.230 e. The van der Waals surface area contributed by atoms with Crippen LogP contribution in [0.15, 0.2) is 12.2 Å². The lowest BCUT2D eigenvalue weighted by Gasteiger charge is -2.13. The maximum absolute atomic E-state index is 11.8. The van der Waals surface area contributed by atoms with Gasteiger partial charge in [-0.15, -0.1) is 0 Å². The molecule has 2 amide bonds. The Morgan fingerprint density at radius 2 is 1.82 bits per heavy atom. The Hall–Kier alpha value is -1.12. The quantitative estimate of drug-likeness (QED) is 0.548. The fraction of sp³-hybridized carbons (Fsp3) is 0.714. The molecule has 4 atom stereocenters. The molecule has 0 aromatic heterocycles. The Kier molecular flexibility index (Phi) is 4.69. The second-order valence-corrected chi connectivity index (χ2v) is 4.24. The molecule has 0 bridgehead atoms. The molecule has 1 heterocycles. The summed E-state index contributed by atoms with van der Waals surface area (Å²) in [6, 6.07) is 0. The van der Waals surface area contributed by atoms with Crippen LogP contribution < -0.4 is 5.32 Å². The van der Waals surface area contributed by atoms with Gasteiger partial charge in [0.1, 0.15) is 0 Å². The highest BCUT2D eigenvalue weighted by Crippen LogP contribution is 2.28. The fourth-order valence-electron chi connectivity index (χ4n) is 2.03. The zero-order valence-corrected chi connectivity index (χ0v) is 10.6. The molecule has 1 fully saturated rings. The zero-order chi connectivity index (χ0) is 14.4. The molecule has 0 aromatic carbocycles. The lowest BCUT2D eigenvalue weighted by Crippen LogP contribution is -2.22. The van der Waals surface area contributed by atoms with E-state index >= 15 is 0 Å². The van der Waals surface area contributed by atoms with Gasteiger partial charge in [-0.2, -0.15) is 0 Å². The van der Waals surface area contributed by atoms with Crippen molar-refractivity contribution in [2.75, 3.05) is 0 Å². The average molecular weight is 239 g/mol. The molecule has 0 radical (unpaired) electrons. The van der Waals surface area contributed by atoms with Crippen molar-refractivity contribution in [1.82, 2.24) is 5.32 Å². The third-order valence-electron chi connectivity index (χ3n) is 2.88. The number of hydrogen-bond donors (Lipinski definition) is 1. The predicted molar refractivity (Wildman–Crippen MR) is 68.3 cm³/mol. The summed E-state index contributed by atoms with van der Waals surface area (Å²) >= 11 is 0. The van der Waals surface area contributed by atoms with Crippen molar-refractivity contribution in [2.45, 2.75) is 52.3 Å². The zero-order valence-electron chi connectivity index (χ0n) is 12.6. The molecule has 96 valence electrons. The van der Waals surface area contributed by atoms with Gasteiger partial charge in [-0.1, -0.05) is 32.4 Å². The summed E-state index contributed by atoms with van der Waals surface area (Å²) < 4.78 is 16.0. The summed E-state index contributed by atoms with van der Waals surface area (Å²) in [7, 11) is 0. The lowest BCUT2D eigenvalue weighted by molar-refractivity contribution is -0.126. The molecule has 0 saturated carbocycles. The normalized spacial score (nSPS) is 30.0. The Morgan fingerprint density at radius 1 is 1.18 bits per heavy atom. The molecule has 1 rings (SSSR count). The second-order valence-electron chi connectivity index (χ2n) is 4.24. The van der Waals surface area contributed by atoms with E-state index in [1.54, 1.807) is 0 Å². The molecule has 17 heavy (non-hydrogen) atoms. The number of carbonyl (C=O) groups excluding carboxylic acids is 2. The van der Waals surface area contributed by atoms with E-state index in [1.165, 1.54) is 0 Å². The summed E-state index contributed by atoms with van der Waals surface area (Å²) in [6.45, 7) is 3.87. The third-order valence-corrected chi connectivity index (χ3v) is 2.88. The first-order valence-electron chi connectivity index (χ1n) is 7.52. The minimum absolute atomic E-state index is 0.375. The third kappa shape index (κ3) is 3.99. The van der Waals surface area contributed by atoms with Crippen LogP contribution >= 0.6 is 0 Å². The number of rotatable bonds is 7. The Labute approximate surface area is 106 Å². The van der Waals surface area contributed by atoms with E-state index in [2.05, 4.69) is 5.32 Å². The van der Waals surface area contributed by atoms with Gasteiger partial charge in [0.2, 0.25) is 11.8 Å². The van der Waals surface area contributed by atoms with Crippen LogP contribution in [0.25, 0.3) is 0 Å². The molecule has 4 unspecified atom stereocenters. The number of carbonyl (C=O) groups is 2. The monoisotopic (exact) mass is 239 g/mol.